The van der Waals surface area contributed by atoms with E-state index >= 15 is 0 Å². The van der Waals surface area contributed by atoms with Crippen LogP contribution in [-0.4, -0.2) is 17.0 Å². The number of nitrogen functional groups attached to an aromatic ring is 1. The molecular weight excluding hydrogens is 454 g/mol. The summed E-state index contributed by atoms with van der Waals surface area (Å²) in [6, 6.07) is 31.1. The van der Waals surface area contributed by atoms with Crippen LogP contribution in [0.15, 0.2) is 109 Å². The first-order chi connectivity index (χ1) is 17.4. The van der Waals surface area contributed by atoms with Crippen LogP contribution >= 0.6 is 0 Å². The van der Waals surface area contributed by atoms with Gasteiger partial charge in [-0.15, -0.1) is 0 Å². The van der Waals surface area contributed by atoms with Gasteiger partial charge < -0.3 is 20.3 Å². The van der Waals surface area contributed by atoms with E-state index in [1.54, 1.807) is 42.5 Å². The zero-order valence-electron chi connectivity index (χ0n) is 19.0. The van der Waals surface area contributed by atoms with Gasteiger partial charge in [0.25, 0.3) is 0 Å². The summed E-state index contributed by atoms with van der Waals surface area (Å²) in [6.45, 7) is 0. The molecule has 0 fully saturated rings. The van der Waals surface area contributed by atoms with Crippen molar-refractivity contribution in [2.75, 3.05) is 5.73 Å². The Kier molecular flexibility index (Phi) is 6.07. The summed E-state index contributed by atoms with van der Waals surface area (Å²) in [4.78, 5) is 24.7. The van der Waals surface area contributed by atoms with E-state index in [1.165, 1.54) is 24.3 Å². The van der Waals surface area contributed by atoms with Gasteiger partial charge in [0.1, 0.15) is 17.2 Å². The maximum atomic E-state index is 12.4. The molecule has 5 aromatic carbocycles. The predicted octanol–water partition coefficient (Wildman–Crippen LogP) is 6.23. The summed E-state index contributed by atoms with van der Waals surface area (Å²) in [5.41, 5.74) is 8.98. The van der Waals surface area contributed by atoms with E-state index in [4.69, 9.17) is 15.2 Å². The number of anilines is 1. The molecule has 0 radical (unpaired) electrons. The number of hydrogen-bond donors (Lipinski definition) is 2. The number of ether oxygens (including phenoxy) is 2. The summed E-state index contributed by atoms with van der Waals surface area (Å²) in [7, 11) is 0. The Morgan fingerprint density at radius 1 is 0.556 bits per heavy atom. The van der Waals surface area contributed by atoms with Gasteiger partial charge in [-0.25, -0.2) is 9.59 Å². The molecule has 6 heteroatoms. The fourth-order valence-electron chi connectivity index (χ4n) is 3.73. The number of hydrogen-bond acceptors (Lipinski definition) is 6. The first-order valence-electron chi connectivity index (χ1n) is 11.2. The van der Waals surface area contributed by atoms with Crippen molar-refractivity contribution < 1.29 is 24.2 Å². The van der Waals surface area contributed by atoms with E-state index in [0.29, 0.717) is 28.3 Å². The third-order valence-electron chi connectivity index (χ3n) is 5.67. The lowest BCUT2D eigenvalue weighted by atomic mass is 10.0. The Labute approximate surface area is 207 Å². The van der Waals surface area contributed by atoms with Crippen molar-refractivity contribution >= 4 is 28.4 Å². The summed E-state index contributed by atoms with van der Waals surface area (Å²) >= 11 is 0. The molecule has 0 aliphatic carbocycles. The molecule has 0 atom stereocenters. The van der Waals surface area contributed by atoms with Gasteiger partial charge in [-0.05, 0) is 101 Å². The van der Waals surface area contributed by atoms with Crippen molar-refractivity contribution in [2.24, 2.45) is 0 Å². The molecule has 0 saturated carbocycles. The van der Waals surface area contributed by atoms with E-state index in [2.05, 4.69) is 0 Å². The maximum Gasteiger partial charge on any atom is 0.343 e. The Morgan fingerprint density at radius 2 is 1.06 bits per heavy atom. The minimum absolute atomic E-state index is 0.0849. The second-order valence-electron chi connectivity index (χ2n) is 8.20. The van der Waals surface area contributed by atoms with Crippen LogP contribution in [0.3, 0.4) is 0 Å². The van der Waals surface area contributed by atoms with Gasteiger partial charge in [-0.1, -0.05) is 30.3 Å². The van der Waals surface area contributed by atoms with Crippen LogP contribution in [0.1, 0.15) is 20.7 Å². The van der Waals surface area contributed by atoms with Crippen molar-refractivity contribution in [3.8, 4) is 28.4 Å². The molecule has 0 heterocycles. The number of nitrogens with two attached hydrogens (primary N) is 1. The normalized spacial score (nSPS) is 10.7. The van der Waals surface area contributed by atoms with Crippen molar-refractivity contribution in [1.29, 1.82) is 0 Å². The molecule has 176 valence electrons. The molecule has 0 bridgehead atoms. The van der Waals surface area contributed by atoms with Gasteiger partial charge in [0.05, 0.1) is 11.1 Å². The van der Waals surface area contributed by atoms with E-state index in [9.17, 15) is 14.7 Å². The quantitative estimate of drug-likeness (QED) is 0.178. The number of esters is 2. The highest BCUT2D eigenvalue weighted by Crippen LogP contribution is 2.29. The Balaban J connectivity index is 1.29. The topological polar surface area (TPSA) is 98.9 Å². The Bertz CT molecular complexity index is 1560. The van der Waals surface area contributed by atoms with Crippen molar-refractivity contribution in [3.63, 3.8) is 0 Å². The van der Waals surface area contributed by atoms with Gasteiger partial charge in [0, 0.05) is 5.69 Å². The number of rotatable bonds is 5. The molecule has 36 heavy (non-hydrogen) atoms. The number of carbonyl (C=O) groups excluding carboxylic acids is 2. The van der Waals surface area contributed by atoms with Crippen LogP contribution in [-0.2, 0) is 0 Å². The molecule has 0 aliphatic rings. The minimum atomic E-state index is -0.499. The molecule has 6 nitrogen and oxygen atoms in total. The molecule has 0 saturated heterocycles. The summed E-state index contributed by atoms with van der Waals surface area (Å²) in [6.07, 6.45) is 0. The highest BCUT2D eigenvalue weighted by molar-refractivity contribution is 5.93. The van der Waals surface area contributed by atoms with Crippen LogP contribution in [0.5, 0.6) is 17.2 Å². The standard InChI is InChI=1S/C30H21NO5/c31-25-10-3-20(4-11-25)30(34)36-28-16-9-23-17-22(1-2-24(23)18-28)19-7-14-27(15-8-19)35-29(33)21-5-12-26(32)13-6-21/h1-18,32H,31H2. The summed E-state index contributed by atoms with van der Waals surface area (Å²) < 4.78 is 10.9. The first-order valence-corrected chi connectivity index (χ1v) is 11.2. The Hall–Kier alpha value is -5.10. The lowest BCUT2D eigenvalue weighted by Crippen LogP contribution is -2.08. The smallest absolute Gasteiger partial charge is 0.343 e. The second kappa shape index (κ2) is 9.64. The largest absolute Gasteiger partial charge is 0.508 e. The number of phenolic OH excluding ortho intramolecular Hbond substituents is 1. The third kappa shape index (κ3) is 5.03. The molecule has 0 amide bonds. The van der Waals surface area contributed by atoms with Crippen molar-refractivity contribution in [3.05, 3.63) is 120 Å². The number of benzene rings is 5. The van der Waals surface area contributed by atoms with E-state index < -0.39 is 11.9 Å². The van der Waals surface area contributed by atoms with Crippen LogP contribution in [0.4, 0.5) is 5.69 Å². The first kappa shape index (κ1) is 22.7. The van der Waals surface area contributed by atoms with E-state index in [-0.39, 0.29) is 5.75 Å². The molecule has 0 aliphatic heterocycles. The fourth-order valence-corrected chi connectivity index (χ4v) is 3.73. The van der Waals surface area contributed by atoms with E-state index in [0.717, 1.165) is 21.9 Å². The second-order valence-corrected chi connectivity index (χ2v) is 8.20. The monoisotopic (exact) mass is 475 g/mol. The average Bonchev–Trinajstić information content (AvgIpc) is 2.89. The lowest BCUT2D eigenvalue weighted by molar-refractivity contribution is 0.0725. The average molecular weight is 476 g/mol. The third-order valence-corrected chi connectivity index (χ3v) is 5.67. The lowest BCUT2D eigenvalue weighted by Gasteiger charge is -2.09. The number of aromatic hydroxyl groups is 1. The number of fused-ring (bicyclic) bond motifs is 1. The maximum absolute atomic E-state index is 12.4. The van der Waals surface area contributed by atoms with Gasteiger partial charge in [0.2, 0.25) is 0 Å². The molecule has 5 rings (SSSR count). The zero-order chi connectivity index (χ0) is 25.1. The molecular formula is C30H21NO5. The zero-order valence-corrected chi connectivity index (χ0v) is 19.0. The molecule has 3 N–H and O–H groups in total. The van der Waals surface area contributed by atoms with Gasteiger partial charge in [-0.3, -0.25) is 0 Å². The Morgan fingerprint density at radius 3 is 1.72 bits per heavy atom. The van der Waals surface area contributed by atoms with Crippen LogP contribution in [0.2, 0.25) is 0 Å². The molecule has 0 spiro atoms. The fraction of sp³-hybridized carbons (Fsp3) is 0. The predicted molar refractivity (Wildman–Crippen MR) is 138 cm³/mol. The van der Waals surface area contributed by atoms with Gasteiger partial charge in [-0.2, -0.15) is 0 Å². The summed E-state index contributed by atoms with van der Waals surface area (Å²) in [5, 5.41) is 11.3. The SMILES string of the molecule is Nc1ccc(C(=O)Oc2ccc3cc(-c4ccc(OC(=O)c5ccc(O)cc5)cc4)ccc3c2)cc1. The van der Waals surface area contributed by atoms with E-state index in [1.807, 2.05) is 42.5 Å². The number of phenols is 1. The van der Waals surface area contributed by atoms with Crippen LogP contribution < -0.4 is 15.2 Å². The molecule has 0 aromatic heterocycles. The highest BCUT2D eigenvalue weighted by atomic mass is 16.5. The van der Waals surface area contributed by atoms with Crippen molar-refractivity contribution in [2.45, 2.75) is 0 Å². The summed E-state index contributed by atoms with van der Waals surface area (Å²) in [5.74, 6) is 0.0160. The minimum Gasteiger partial charge on any atom is -0.508 e. The van der Waals surface area contributed by atoms with Gasteiger partial charge in [0.15, 0.2) is 0 Å². The molecule has 5 aromatic rings. The highest BCUT2D eigenvalue weighted by Gasteiger charge is 2.11. The van der Waals surface area contributed by atoms with Crippen LogP contribution in [0.25, 0.3) is 21.9 Å². The van der Waals surface area contributed by atoms with Gasteiger partial charge >= 0.3 is 11.9 Å². The number of carbonyl (C=O) groups is 2. The molecule has 0 unspecified atom stereocenters. The van der Waals surface area contributed by atoms with Crippen molar-refractivity contribution in [1.82, 2.24) is 0 Å². The van der Waals surface area contributed by atoms with Crippen LogP contribution in [0, 0.1) is 0 Å².